The van der Waals surface area contributed by atoms with E-state index in [-0.39, 0.29) is 11.5 Å². The first-order chi connectivity index (χ1) is 12.6. The number of amides is 1. The number of fused-ring (bicyclic) bond motifs is 1. The quantitative estimate of drug-likeness (QED) is 0.889. The van der Waals surface area contributed by atoms with Crippen LogP contribution in [0, 0.1) is 5.82 Å². The van der Waals surface area contributed by atoms with Crippen molar-refractivity contribution in [3.8, 4) is 5.75 Å². The molecule has 0 radical (unpaired) electrons. The standard InChI is InChI=1S/C20H20ClFN2O2/c21-16-2-3-18(22)17(12-16)20(25)24-8-6-23(7-9-24)13-14-1-4-19-15(11-14)5-10-26-19/h1-4,11-12H,5-10,13H2/p+1. The van der Waals surface area contributed by atoms with Crippen LogP contribution in [-0.4, -0.2) is 43.6 Å². The van der Waals surface area contributed by atoms with Crippen molar-refractivity contribution in [2.24, 2.45) is 0 Å². The van der Waals surface area contributed by atoms with Gasteiger partial charge >= 0.3 is 0 Å². The highest BCUT2D eigenvalue weighted by Crippen LogP contribution is 2.25. The Morgan fingerprint density at radius 1 is 1.19 bits per heavy atom. The Balaban J connectivity index is 1.36. The SMILES string of the molecule is O=C(c1cc(Cl)ccc1F)N1CC[NH+](Cc2ccc3c(c2)CCO3)CC1. The van der Waals surface area contributed by atoms with Crippen LogP contribution in [0.4, 0.5) is 4.39 Å². The summed E-state index contributed by atoms with van der Waals surface area (Å²) in [4.78, 5) is 15.7. The Kier molecular flexibility index (Phi) is 4.83. The summed E-state index contributed by atoms with van der Waals surface area (Å²) in [6, 6.07) is 10.5. The monoisotopic (exact) mass is 375 g/mol. The summed E-state index contributed by atoms with van der Waals surface area (Å²) < 4.78 is 19.5. The molecule has 2 aromatic rings. The minimum absolute atomic E-state index is 0.0552. The van der Waals surface area contributed by atoms with Crippen LogP contribution in [0.2, 0.25) is 5.02 Å². The molecule has 2 aromatic carbocycles. The second-order valence-electron chi connectivity index (χ2n) is 6.88. The maximum Gasteiger partial charge on any atom is 0.257 e. The van der Waals surface area contributed by atoms with Crippen molar-refractivity contribution in [3.63, 3.8) is 0 Å². The number of ether oxygens (including phenoxy) is 1. The molecular weight excluding hydrogens is 355 g/mol. The van der Waals surface area contributed by atoms with Gasteiger partial charge in [-0.2, -0.15) is 0 Å². The summed E-state index contributed by atoms with van der Waals surface area (Å²) >= 11 is 5.90. The van der Waals surface area contributed by atoms with E-state index >= 15 is 0 Å². The minimum atomic E-state index is -0.519. The van der Waals surface area contributed by atoms with Gasteiger partial charge < -0.3 is 14.5 Å². The fraction of sp³-hybridized carbons (Fsp3) is 0.350. The molecule has 2 aliphatic heterocycles. The molecule has 0 saturated carbocycles. The van der Waals surface area contributed by atoms with Gasteiger partial charge in [-0.3, -0.25) is 4.79 Å². The van der Waals surface area contributed by atoms with E-state index in [1.807, 2.05) is 0 Å². The summed E-state index contributed by atoms with van der Waals surface area (Å²) in [6.07, 6.45) is 0.978. The van der Waals surface area contributed by atoms with Gasteiger partial charge in [-0.05, 0) is 42.0 Å². The fourth-order valence-electron chi connectivity index (χ4n) is 3.67. The molecule has 1 N–H and O–H groups in total. The maximum absolute atomic E-state index is 13.9. The van der Waals surface area contributed by atoms with E-state index in [1.165, 1.54) is 34.2 Å². The number of benzene rings is 2. The number of halogens is 2. The highest BCUT2D eigenvalue weighted by molar-refractivity contribution is 6.31. The van der Waals surface area contributed by atoms with E-state index in [0.29, 0.717) is 18.1 Å². The zero-order chi connectivity index (χ0) is 18.1. The number of piperazine rings is 1. The van der Waals surface area contributed by atoms with Crippen molar-refractivity contribution >= 4 is 17.5 Å². The molecule has 0 aliphatic carbocycles. The number of quaternary nitrogens is 1. The molecule has 2 aliphatic rings. The Morgan fingerprint density at radius 3 is 2.81 bits per heavy atom. The predicted octanol–water partition coefficient (Wildman–Crippen LogP) is 1.95. The van der Waals surface area contributed by atoms with E-state index in [4.69, 9.17) is 16.3 Å². The van der Waals surface area contributed by atoms with E-state index < -0.39 is 5.82 Å². The molecule has 2 heterocycles. The van der Waals surface area contributed by atoms with Crippen molar-refractivity contribution in [1.29, 1.82) is 0 Å². The lowest BCUT2D eigenvalue weighted by atomic mass is 10.1. The van der Waals surface area contributed by atoms with Crippen LogP contribution in [0.1, 0.15) is 21.5 Å². The number of nitrogens with zero attached hydrogens (tertiary/aromatic N) is 1. The molecule has 4 nitrogen and oxygen atoms in total. The van der Waals surface area contributed by atoms with Crippen LogP contribution >= 0.6 is 11.6 Å². The molecule has 0 atom stereocenters. The lowest BCUT2D eigenvalue weighted by molar-refractivity contribution is -0.917. The third-order valence-corrected chi connectivity index (χ3v) is 5.36. The number of carbonyl (C=O) groups is 1. The number of nitrogens with one attached hydrogen (secondary N) is 1. The van der Waals surface area contributed by atoms with Gasteiger partial charge in [-0.25, -0.2) is 4.39 Å². The summed E-state index contributed by atoms with van der Waals surface area (Å²) in [5, 5.41) is 0.375. The Bertz CT molecular complexity index is 835. The van der Waals surface area contributed by atoms with Crippen LogP contribution in [0.25, 0.3) is 0 Å². The molecule has 0 bridgehead atoms. The molecule has 0 spiro atoms. The number of hydrogen-bond acceptors (Lipinski definition) is 2. The Labute approximate surface area is 157 Å². The average molecular weight is 376 g/mol. The van der Waals surface area contributed by atoms with Crippen molar-refractivity contribution in [2.45, 2.75) is 13.0 Å². The van der Waals surface area contributed by atoms with Gasteiger partial charge in [0.25, 0.3) is 5.91 Å². The molecule has 4 rings (SSSR count). The summed E-state index contributed by atoms with van der Waals surface area (Å²) in [5.74, 6) is 0.205. The smallest absolute Gasteiger partial charge is 0.257 e. The molecule has 26 heavy (non-hydrogen) atoms. The number of rotatable bonds is 3. The summed E-state index contributed by atoms with van der Waals surface area (Å²) in [6.45, 7) is 4.64. The maximum atomic E-state index is 13.9. The average Bonchev–Trinajstić information content (AvgIpc) is 3.11. The first kappa shape index (κ1) is 17.3. The predicted molar refractivity (Wildman–Crippen MR) is 97.4 cm³/mol. The van der Waals surface area contributed by atoms with Crippen LogP contribution in [0.15, 0.2) is 36.4 Å². The third-order valence-electron chi connectivity index (χ3n) is 5.12. The Morgan fingerprint density at radius 2 is 2.00 bits per heavy atom. The minimum Gasteiger partial charge on any atom is -0.493 e. The number of hydrogen-bond donors (Lipinski definition) is 1. The van der Waals surface area contributed by atoms with Gasteiger partial charge in [0.15, 0.2) is 0 Å². The van der Waals surface area contributed by atoms with Crippen LogP contribution < -0.4 is 9.64 Å². The second-order valence-corrected chi connectivity index (χ2v) is 7.32. The van der Waals surface area contributed by atoms with E-state index in [9.17, 15) is 9.18 Å². The van der Waals surface area contributed by atoms with Crippen molar-refractivity contribution in [3.05, 3.63) is 63.9 Å². The van der Waals surface area contributed by atoms with Crippen molar-refractivity contribution < 1.29 is 18.8 Å². The first-order valence-electron chi connectivity index (χ1n) is 8.92. The zero-order valence-corrected chi connectivity index (χ0v) is 15.2. The van der Waals surface area contributed by atoms with Crippen LogP contribution in [-0.2, 0) is 13.0 Å². The van der Waals surface area contributed by atoms with Crippen LogP contribution in [0.3, 0.4) is 0 Å². The molecule has 1 amide bonds. The second kappa shape index (κ2) is 7.25. The molecule has 1 saturated heterocycles. The zero-order valence-electron chi connectivity index (χ0n) is 14.4. The molecule has 136 valence electrons. The highest BCUT2D eigenvalue weighted by Gasteiger charge is 2.26. The van der Waals surface area contributed by atoms with Gasteiger partial charge in [-0.15, -0.1) is 0 Å². The summed E-state index contributed by atoms with van der Waals surface area (Å²) in [5.41, 5.74) is 2.64. The van der Waals surface area contributed by atoms with Gasteiger partial charge in [0, 0.05) is 17.0 Å². The number of carbonyl (C=O) groups excluding carboxylic acids is 1. The molecule has 6 heteroatoms. The molecular formula is C20H21ClFN2O2+. The van der Waals surface area contributed by atoms with Crippen molar-refractivity contribution in [2.75, 3.05) is 32.8 Å². The van der Waals surface area contributed by atoms with Crippen molar-refractivity contribution in [1.82, 2.24) is 4.90 Å². The topological polar surface area (TPSA) is 34.0 Å². The van der Waals surface area contributed by atoms with Gasteiger partial charge in [0.1, 0.15) is 18.1 Å². The normalized spacial score (nSPS) is 17.1. The fourth-order valence-corrected chi connectivity index (χ4v) is 3.85. The lowest BCUT2D eigenvalue weighted by Gasteiger charge is -2.32. The largest absolute Gasteiger partial charge is 0.493 e. The molecule has 0 aromatic heterocycles. The Hall–Kier alpha value is -2.11. The van der Waals surface area contributed by atoms with Gasteiger partial charge in [0.05, 0.1) is 38.3 Å². The highest BCUT2D eigenvalue weighted by atomic mass is 35.5. The van der Waals surface area contributed by atoms with Gasteiger partial charge in [0.2, 0.25) is 0 Å². The summed E-state index contributed by atoms with van der Waals surface area (Å²) in [7, 11) is 0. The van der Waals surface area contributed by atoms with E-state index in [1.54, 1.807) is 4.90 Å². The third kappa shape index (κ3) is 3.55. The molecule has 0 unspecified atom stereocenters. The van der Waals surface area contributed by atoms with Crippen LogP contribution in [0.5, 0.6) is 5.75 Å². The van der Waals surface area contributed by atoms with Gasteiger partial charge in [-0.1, -0.05) is 11.6 Å². The molecule has 1 fully saturated rings. The van der Waals surface area contributed by atoms with E-state index in [2.05, 4.69) is 18.2 Å². The lowest BCUT2D eigenvalue weighted by Crippen LogP contribution is -3.13. The van der Waals surface area contributed by atoms with E-state index in [0.717, 1.165) is 38.4 Å². The first-order valence-corrected chi connectivity index (χ1v) is 9.30.